The number of nitrogens with one attached hydrogen (secondary N) is 1. The van der Waals surface area contributed by atoms with Crippen LogP contribution in [0, 0.1) is 22.5 Å². The first-order valence-corrected chi connectivity index (χ1v) is 7.76. The van der Waals surface area contributed by atoms with Crippen LogP contribution in [0.1, 0.15) is 25.8 Å². The van der Waals surface area contributed by atoms with Crippen molar-refractivity contribution in [3.05, 3.63) is 33.9 Å². The molecule has 1 fully saturated rings. The van der Waals surface area contributed by atoms with Gasteiger partial charge >= 0.3 is 0 Å². The molecule has 7 nitrogen and oxygen atoms in total. The summed E-state index contributed by atoms with van der Waals surface area (Å²) in [7, 11) is 0. The molecule has 0 bridgehead atoms. The molecule has 0 saturated carbocycles. The predicted octanol–water partition coefficient (Wildman–Crippen LogP) is 2.32. The number of nitrogens with zero attached hydrogens (tertiary/aromatic N) is 2. The summed E-state index contributed by atoms with van der Waals surface area (Å²) in [6.45, 7) is 7.83. The summed E-state index contributed by atoms with van der Waals surface area (Å²) < 4.78 is 0. The normalized spacial score (nSPS) is 21.8. The van der Waals surface area contributed by atoms with Crippen LogP contribution in [0.3, 0.4) is 0 Å². The van der Waals surface area contributed by atoms with Gasteiger partial charge in [-0.2, -0.15) is 0 Å². The number of nitrogens with two attached hydrogens (primary N) is 1. The molecular formula is C16H25ClN4O3. The van der Waals surface area contributed by atoms with Gasteiger partial charge in [0.05, 0.1) is 22.2 Å². The van der Waals surface area contributed by atoms with Crippen LogP contribution < -0.4 is 11.1 Å². The van der Waals surface area contributed by atoms with Gasteiger partial charge in [-0.25, -0.2) is 0 Å². The van der Waals surface area contributed by atoms with Crippen LogP contribution >= 0.6 is 12.4 Å². The number of nitro groups is 1. The van der Waals surface area contributed by atoms with Crippen LogP contribution in [0.15, 0.2) is 18.2 Å². The number of carbonyl (C=O) groups excluding carboxylic acids is 1. The quantitative estimate of drug-likeness (QED) is 0.622. The first kappa shape index (κ1) is 20.3. The molecule has 0 spiro atoms. The highest BCUT2D eigenvalue weighted by Crippen LogP contribution is 2.30. The van der Waals surface area contributed by atoms with Crippen molar-refractivity contribution in [3.8, 4) is 0 Å². The molecule has 2 unspecified atom stereocenters. The fraction of sp³-hybridized carbons (Fsp3) is 0.562. The lowest BCUT2D eigenvalue weighted by molar-refractivity contribution is -0.385. The fourth-order valence-corrected chi connectivity index (χ4v) is 2.92. The summed E-state index contributed by atoms with van der Waals surface area (Å²) in [6.07, 6.45) is 0.969. The molecule has 1 aromatic rings. The number of nitro benzene ring substituents is 1. The van der Waals surface area contributed by atoms with Crippen molar-refractivity contribution in [1.82, 2.24) is 4.90 Å². The fourth-order valence-electron chi connectivity index (χ4n) is 2.92. The maximum absolute atomic E-state index is 12.5. The van der Waals surface area contributed by atoms with E-state index in [2.05, 4.69) is 17.1 Å². The molecule has 24 heavy (non-hydrogen) atoms. The summed E-state index contributed by atoms with van der Waals surface area (Å²) in [5, 5.41) is 13.8. The largest absolute Gasteiger partial charge is 0.330 e. The van der Waals surface area contributed by atoms with Gasteiger partial charge in [0.15, 0.2) is 0 Å². The van der Waals surface area contributed by atoms with E-state index < -0.39 is 4.92 Å². The van der Waals surface area contributed by atoms with Gasteiger partial charge in [-0.1, -0.05) is 13.0 Å². The molecule has 2 rings (SSSR count). The lowest BCUT2D eigenvalue weighted by atomic mass is 9.90. The highest BCUT2D eigenvalue weighted by molar-refractivity contribution is 5.95. The van der Waals surface area contributed by atoms with E-state index in [9.17, 15) is 14.9 Å². The van der Waals surface area contributed by atoms with Gasteiger partial charge in [-0.15, -0.1) is 12.4 Å². The first-order chi connectivity index (χ1) is 10.8. The lowest BCUT2D eigenvalue weighted by Gasteiger charge is -2.26. The third kappa shape index (κ3) is 4.23. The molecule has 1 aromatic carbocycles. The second-order valence-electron chi connectivity index (χ2n) is 6.61. The molecule has 1 heterocycles. The zero-order chi connectivity index (χ0) is 17.2. The van der Waals surface area contributed by atoms with Crippen molar-refractivity contribution < 1.29 is 9.72 Å². The maximum Gasteiger partial charge on any atom is 0.274 e. The highest BCUT2D eigenvalue weighted by atomic mass is 35.5. The molecule has 134 valence electrons. The van der Waals surface area contributed by atoms with Crippen molar-refractivity contribution in [3.63, 3.8) is 0 Å². The molecule has 1 aliphatic heterocycles. The molecule has 0 aliphatic carbocycles. The number of carbonyl (C=O) groups is 1. The van der Waals surface area contributed by atoms with Gasteiger partial charge in [0, 0.05) is 12.6 Å². The minimum absolute atomic E-state index is 0. The van der Waals surface area contributed by atoms with Crippen LogP contribution in [-0.2, 0) is 4.79 Å². The second kappa shape index (κ2) is 7.92. The van der Waals surface area contributed by atoms with Gasteiger partial charge in [0.1, 0.15) is 0 Å². The van der Waals surface area contributed by atoms with Gasteiger partial charge in [0.25, 0.3) is 5.69 Å². The van der Waals surface area contributed by atoms with Crippen molar-refractivity contribution in [1.29, 1.82) is 0 Å². The third-order valence-electron chi connectivity index (χ3n) is 4.77. The Hall–Kier alpha value is -1.70. The number of hydrogen-bond donors (Lipinski definition) is 2. The zero-order valence-electron chi connectivity index (χ0n) is 14.2. The van der Waals surface area contributed by atoms with Crippen molar-refractivity contribution in [2.24, 2.45) is 11.1 Å². The third-order valence-corrected chi connectivity index (χ3v) is 4.77. The molecule has 3 N–H and O–H groups in total. The van der Waals surface area contributed by atoms with E-state index in [1.54, 1.807) is 19.1 Å². The number of benzene rings is 1. The zero-order valence-corrected chi connectivity index (χ0v) is 15.1. The summed E-state index contributed by atoms with van der Waals surface area (Å²) in [5.74, 6) is -0.158. The van der Waals surface area contributed by atoms with E-state index in [1.165, 1.54) is 6.07 Å². The minimum Gasteiger partial charge on any atom is -0.330 e. The second-order valence-corrected chi connectivity index (χ2v) is 6.61. The van der Waals surface area contributed by atoms with Crippen molar-refractivity contribution >= 4 is 29.7 Å². The molecular weight excluding hydrogens is 332 g/mol. The number of amides is 1. The average Bonchev–Trinajstić information content (AvgIpc) is 2.91. The first-order valence-electron chi connectivity index (χ1n) is 7.76. The summed E-state index contributed by atoms with van der Waals surface area (Å²) >= 11 is 0. The number of anilines is 1. The Morgan fingerprint density at radius 3 is 2.75 bits per heavy atom. The standard InChI is InChI=1S/C16H24N4O3.ClH/c1-11-13(5-4-6-14(11)20(22)23)18-15(21)12(2)19-8-7-16(3,9-17)10-19;/h4-6,12H,7-10,17H2,1-3H3,(H,18,21);1H. The molecule has 8 heteroatoms. The van der Waals surface area contributed by atoms with E-state index in [4.69, 9.17) is 5.73 Å². The average molecular weight is 357 g/mol. The predicted molar refractivity (Wildman–Crippen MR) is 96.5 cm³/mol. The maximum atomic E-state index is 12.5. The van der Waals surface area contributed by atoms with Crippen LogP contribution in [0.5, 0.6) is 0 Å². The van der Waals surface area contributed by atoms with E-state index in [-0.39, 0.29) is 35.5 Å². The lowest BCUT2D eigenvalue weighted by Crippen LogP contribution is -2.42. The summed E-state index contributed by atoms with van der Waals surface area (Å²) in [4.78, 5) is 25.1. The summed E-state index contributed by atoms with van der Waals surface area (Å²) in [6, 6.07) is 4.39. The Kier molecular flexibility index (Phi) is 6.71. The monoisotopic (exact) mass is 356 g/mol. The van der Waals surface area contributed by atoms with Gasteiger partial charge < -0.3 is 11.1 Å². The van der Waals surface area contributed by atoms with Crippen LogP contribution in [0.25, 0.3) is 0 Å². The Balaban J connectivity index is 0.00000288. The Morgan fingerprint density at radius 1 is 1.54 bits per heavy atom. The molecule has 0 aromatic heterocycles. The van der Waals surface area contributed by atoms with Crippen molar-refractivity contribution in [2.45, 2.75) is 33.2 Å². The Morgan fingerprint density at radius 2 is 2.21 bits per heavy atom. The Bertz CT molecular complexity index is 625. The minimum atomic E-state index is -0.443. The van der Waals surface area contributed by atoms with E-state index in [0.717, 1.165) is 19.5 Å². The van der Waals surface area contributed by atoms with Gasteiger partial charge in [0.2, 0.25) is 5.91 Å². The summed E-state index contributed by atoms with van der Waals surface area (Å²) in [5.41, 5.74) is 6.81. The molecule has 1 amide bonds. The Labute approximate surface area is 148 Å². The topological polar surface area (TPSA) is 102 Å². The number of rotatable bonds is 5. The SMILES string of the molecule is Cc1c(NC(=O)C(C)N2CCC(C)(CN)C2)cccc1[N+](=O)[O-].Cl. The van der Waals surface area contributed by atoms with E-state index in [0.29, 0.717) is 17.8 Å². The van der Waals surface area contributed by atoms with E-state index >= 15 is 0 Å². The molecule has 1 saturated heterocycles. The van der Waals surface area contributed by atoms with Crippen LogP contribution in [0.2, 0.25) is 0 Å². The van der Waals surface area contributed by atoms with Crippen molar-refractivity contribution in [2.75, 3.05) is 25.0 Å². The van der Waals surface area contributed by atoms with Crippen LogP contribution in [-0.4, -0.2) is 41.4 Å². The smallest absolute Gasteiger partial charge is 0.274 e. The molecule has 2 atom stereocenters. The van der Waals surface area contributed by atoms with E-state index in [1.807, 2.05) is 6.92 Å². The van der Waals surface area contributed by atoms with Gasteiger partial charge in [-0.3, -0.25) is 19.8 Å². The molecule has 0 radical (unpaired) electrons. The number of likely N-dealkylation sites (tertiary alicyclic amines) is 1. The highest BCUT2D eigenvalue weighted by Gasteiger charge is 2.36. The van der Waals surface area contributed by atoms with Crippen LogP contribution in [0.4, 0.5) is 11.4 Å². The number of halogens is 1. The molecule has 1 aliphatic rings. The number of hydrogen-bond acceptors (Lipinski definition) is 5. The van der Waals surface area contributed by atoms with Gasteiger partial charge in [-0.05, 0) is 44.8 Å².